The zero-order chi connectivity index (χ0) is 11.4. The van der Waals surface area contributed by atoms with Gasteiger partial charge in [-0.1, -0.05) is 11.6 Å². The third kappa shape index (κ3) is 2.64. The number of ether oxygens (including phenoxy) is 1. The first-order chi connectivity index (χ1) is 7.07. The van der Waals surface area contributed by atoms with Gasteiger partial charge in [0.2, 0.25) is 5.78 Å². The van der Waals surface area contributed by atoms with E-state index in [2.05, 4.69) is 4.74 Å². The fourth-order valence-electron chi connectivity index (χ4n) is 0.886. The normalized spacial score (nSPS) is 9.73. The van der Waals surface area contributed by atoms with Gasteiger partial charge in [0.25, 0.3) is 0 Å². The summed E-state index contributed by atoms with van der Waals surface area (Å²) in [6, 6.07) is 1.48. The summed E-state index contributed by atoms with van der Waals surface area (Å²) in [4.78, 5) is 22.6. The van der Waals surface area contributed by atoms with Gasteiger partial charge in [-0.15, -0.1) is 11.3 Å². The van der Waals surface area contributed by atoms with Gasteiger partial charge >= 0.3 is 5.97 Å². The van der Waals surface area contributed by atoms with Gasteiger partial charge < -0.3 is 4.74 Å². The molecule has 15 heavy (non-hydrogen) atoms. The molecule has 0 saturated heterocycles. The van der Waals surface area contributed by atoms with Crippen molar-refractivity contribution < 1.29 is 14.3 Å². The predicted octanol–water partition coefficient (Wildman–Crippen LogP) is 2.17. The van der Waals surface area contributed by atoms with Crippen LogP contribution in [0.4, 0.5) is 0 Å². The maximum absolute atomic E-state index is 11.5. The highest BCUT2D eigenvalue weighted by molar-refractivity contribution is 7.15. The fraction of sp³-hybridized carbons (Fsp3) is 0.222. The van der Waals surface area contributed by atoms with Gasteiger partial charge in [-0.2, -0.15) is 0 Å². The van der Waals surface area contributed by atoms with E-state index < -0.39 is 17.5 Å². The Morgan fingerprint density at radius 3 is 2.73 bits per heavy atom. The molecule has 0 atom stereocenters. The van der Waals surface area contributed by atoms with Crippen molar-refractivity contribution in [1.82, 2.24) is 0 Å². The lowest BCUT2D eigenvalue weighted by molar-refractivity contribution is -0.134. The van der Waals surface area contributed by atoms with Crippen molar-refractivity contribution in [3.63, 3.8) is 0 Å². The topological polar surface area (TPSA) is 67.2 Å². The molecule has 0 radical (unpaired) electrons. The van der Waals surface area contributed by atoms with Crippen molar-refractivity contribution in [1.29, 1.82) is 5.41 Å². The van der Waals surface area contributed by atoms with E-state index in [1.165, 1.54) is 17.4 Å². The van der Waals surface area contributed by atoms with Gasteiger partial charge in [0.15, 0.2) is 5.71 Å². The number of hydrogen-bond donors (Lipinski definition) is 1. The number of ketones is 1. The van der Waals surface area contributed by atoms with Crippen LogP contribution in [-0.2, 0) is 9.53 Å². The Morgan fingerprint density at radius 2 is 2.27 bits per heavy atom. The number of Topliss-reactive ketones (excluding diaryl/α,β-unsaturated/α-hetero) is 1. The fourth-order valence-corrected chi connectivity index (χ4v) is 1.80. The molecular formula is C9H8ClNO3S. The lowest BCUT2D eigenvalue weighted by atomic mass is 10.1. The van der Waals surface area contributed by atoms with Crippen molar-refractivity contribution in [2.24, 2.45) is 0 Å². The largest absolute Gasteiger partial charge is 0.461 e. The molecule has 6 heteroatoms. The SMILES string of the molecule is CCOC(=O)C(=N)C(=O)c1ccsc1Cl. The lowest BCUT2D eigenvalue weighted by Crippen LogP contribution is -2.25. The van der Waals surface area contributed by atoms with Crippen LogP contribution in [0.3, 0.4) is 0 Å². The van der Waals surface area contributed by atoms with Crippen molar-refractivity contribution in [2.75, 3.05) is 6.61 Å². The minimum atomic E-state index is -0.926. The first-order valence-electron chi connectivity index (χ1n) is 4.11. The molecule has 1 aromatic rings. The highest BCUT2D eigenvalue weighted by Gasteiger charge is 2.23. The molecule has 0 aliphatic heterocycles. The quantitative estimate of drug-likeness (QED) is 0.383. The van der Waals surface area contributed by atoms with Crippen LogP contribution >= 0.6 is 22.9 Å². The van der Waals surface area contributed by atoms with E-state index >= 15 is 0 Å². The van der Waals surface area contributed by atoms with Gasteiger partial charge in [-0.3, -0.25) is 10.2 Å². The molecule has 0 aromatic carbocycles. The third-order valence-electron chi connectivity index (χ3n) is 1.57. The van der Waals surface area contributed by atoms with E-state index in [0.717, 1.165) is 0 Å². The van der Waals surface area contributed by atoms with Crippen LogP contribution in [0.2, 0.25) is 4.34 Å². The zero-order valence-electron chi connectivity index (χ0n) is 7.87. The van der Waals surface area contributed by atoms with Crippen molar-refractivity contribution in [3.05, 3.63) is 21.3 Å². The molecule has 0 saturated carbocycles. The smallest absolute Gasteiger partial charge is 0.360 e. The third-order valence-corrected chi connectivity index (χ3v) is 2.74. The summed E-state index contributed by atoms with van der Waals surface area (Å²) in [5, 5.41) is 8.92. The molecule has 0 aliphatic rings. The molecule has 0 amide bonds. The van der Waals surface area contributed by atoms with Crippen LogP contribution in [0.1, 0.15) is 17.3 Å². The van der Waals surface area contributed by atoms with Crippen LogP contribution in [0.15, 0.2) is 11.4 Å². The number of rotatable bonds is 4. The summed E-state index contributed by atoms with van der Waals surface area (Å²) < 4.78 is 4.81. The Kier molecular flexibility index (Phi) is 3.99. The summed E-state index contributed by atoms with van der Waals surface area (Å²) in [5.74, 6) is -1.63. The molecule has 80 valence electrons. The molecule has 1 N–H and O–H groups in total. The second-order valence-corrected chi connectivity index (χ2v) is 4.05. The number of carbonyl (C=O) groups is 2. The first kappa shape index (κ1) is 11.9. The number of nitrogens with one attached hydrogen (secondary N) is 1. The van der Waals surface area contributed by atoms with E-state index in [1.807, 2.05) is 0 Å². The molecule has 0 unspecified atom stereocenters. The van der Waals surface area contributed by atoms with E-state index in [1.54, 1.807) is 12.3 Å². The van der Waals surface area contributed by atoms with Gasteiger partial charge in [0.1, 0.15) is 4.34 Å². The standard InChI is InChI=1S/C9H8ClNO3S/c1-2-14-9(13)6(11)7(12)5-3-4-15-8(5)10/h3-4,11H,2H2,1H3. The summed E-state index contributed by atoms with van der Waals surface area (Å²) in [6.45, 7) is 1.74. The molecular weight excluding hydrogens is 238 g/mol. The Hall–Kier alpha value is -1.20. The minimum Gasteiger partial charge on any atom is -0.461 e. The second-order valence-electron chi connectivity index (χ2n) is 2.53. The Balaban J connectivity index is 2.82. The summed E-state index contributed by atoms with van der Waals surface area (Å²) in [5.41, 5.74) is -0.531. The van der Waals surface area contributed by atoms with Crippen molar-refractivity contribution in [3.8, 4) is 0 Å². The Labute approximate surface area is 95.3 Å². The molecule has 1 rings (SSSR count). The molecule has 0 fully saturated rings. The molecule has 4 nitrogen and oxygen atoms in total. The number of hydrogen-bond acceptors (Lipinski definition) is 5. The van der Waals surface area contributed by atoms with Gasteiger partial charge in [0.05, 0.1) is 12.2 Å². The first-order valence-corrected chi connectivity index (χ1v) is 5.37. The van der Waals surface area contributed by atoms with Crippen LogP contribution < -0.4 is 0 Å². The maximum atomic E-state index is 11.5. The predicted molar refractivity (Wildman–Crippen MR) is 58.0 cm³/mol. The maximum Gasteiger partial charge on any atom is 0.360 e. The van der Waals surface area contributed by atoms with Gasteiger partial charge in [-0.05, 0) is 18.4 Å². The van der Waals surface area contributed by atoms with E-state index in [4.69, 9.17) is 17.0 Å². The lowest BCUT2D eigenvalue weighted by Gasteiger charge is -2.01. The highest BCUT2D eigenvalue weighted by atomic mass is 35.5. The average Bonchev–Trinajstić information content (AvgIpc) is 2.62. The van der Waals surface area contributed by atoms with Gasteiger partial charge in [-0.25, -0.2) is 4.79 Å². The van der Waals surface area contributed by atoms with Gasteiger partial charge in [0, 0.05) is 0 Å². The molecule has 1 heterocycles. The zero-order valence-corrected chi connectivity index (χ0v) is 9.45. The summed E-state index contributed by atoms with van der Waals surface area (Å²) >= 11 is 6.88. The van der Waals surface area contributed by atoms with E-state index in [9.17, 15) is 9.59 Å². The second kappa shape index (κ2) is 5.04. The summed E-state index contributed by atoms with van der Waals surface area (Å²) in [6.07, 6.45) is 0. The van der Waals surface area contributed by atoms with Crippen LogP contribution in [0.25, 0.3) is 0 Å². The number of halogens is 1. The van der Waals surface area contributed by atoms with Crippen LogP contribution in [-0.4, -0.2) is 24.1 Å². The minimum absolute atomic E-state index is 0.131. The molecule has 0 spiro atoms. The molecule has 1 aromatic heterocycles. The van der Waals surface area contributed by atoms with Crippen LogP contribution in [0, 0.1) is 5.41 Å². The molecule has 0 aliphatic carbocycles. The highest BCUT2D eigenvalue weighted by Crippen LogP contribution is 2.23. The number of carbonyl (C=O) groups excluding carboxylic acids is 2. The Bertz CT molecular complexity index is 413. The monoisotopic (exact) mass is 245 g/mol. The van der Waals surface area contributed by atoms with Crippen molar-refractivity contribution >= 4 is 40.4 Å². The molecule has 0 bridgehead atoms. The average molecular weight is 246 g/mol. The van der Waals surface area contributed by atoms with E-state index in [0.29, 0.717) is 0 Å². The van der Waals surface area contributed by atoms with E-state index in [-0.39, 0.29) is 16.5 Å². The van der Waals surface area contributed by atoms with Crippen LogP contribution in [0.5, 0.6) is 0 Å². The summed E-state index contributed by atoms with van der Waals surface area (Å²) in [7, 11) is 0. The number of thiophene rings is 1. The Morgan fingerprint density at radius 1 is 1.60 bits per heavy atom. The number of esters is 1. The van der Waals surface area contributed by atoms with Crippen molar-refractivity contribution in [2.45, 2.75) is 6.92 Å².